The third kappa shape index (κ3) is 3.56. The number of hydrogen-bond acceptors (Lipinski definition) is 4. The molecule has 2 atom stereocenters. The molecule has 4 aromatic rings. The highest BCUT2D eigenvalue weighted by Gasteiger charge is 2.65. The molecule has 1 amide bonds. The van der Waals surface area contributed by atoms with E-state index < -0.39 is 5.41 Å². The second-order valence-corrected chi connectivity index (χ2v) is 10.1. The van der Waals surface area contributed by atoms with Crippen LogP contribution in [0.4, 0.5) is 5.69 Å². The van der Waals surface area contributed by atoms with Crippen LogP contribution < -0.4 is 5.32 Å². The monoisotopic (exact) mass is 476 g/mol. The molecule has 2 aliphatic heterocycles. The number of carbonyl (C=O) groups is 1. The summed E-state index contributed by atoms with van der Waals surface area (Å²) in [5.74, 6) is 0.319. The summed E-state index contributed by atoms with van der Waals surface area (Å²) >= 11 is 0. The summed E-state index contributed by atoms with van der Waals surface area (Å²) in [5.41, 5.74) is 7.25. The molecule has 36 heavy (non-hydrogen) atoms. The Kier molecular flexibility index (Phi) is 5.04. The van der Waals surface area contributed by atoms with E-state index in [9.17, 15) is 4.79 Å². The Bertz CT molecular complexity index is 1500. The Morgan fingerprint density at radius 1 is 1.03 bits per heavy atom. The number of morpholine rings is 1. The number of para-hydroxylation sites is 1. The molecule has 6 nitrogen and oxygen atoms in total. The van der Waals surface area contributed by atoms with Gasteiger partial charge in [0.05, 0.1) is 29.8 Å². The summed E-state index contributed by atoms with van der Waals surface area (Å²) in [4.78, 5) is 15.3. The number of aromatic amines is 1. The number of hydrogen-bond donors (Lipinski definition) is 2. The van der Waals surface area contributed by atoms with E-state index in [1.807, 2.05) is 18.2 Å². The Morgan fingerprint density at radius 2 is 1.92 bits per heavy atom. The van der Waals surface area contributed by atoms with Crippen molar-refractivity contribution in [2.45, 2.75) is 24.3 Å². The summed E-state index contributed by atoms with van der Waals surface area (Å²) in [6.07, 6.45) is 5.05. The lowest BCUT2D eigenvalue weighted by atomic mass is 9.92. The maximum atomic E-state index is 12.9. The number of nitrogens with zero attached hydrogens (tertiary/aromatic N) is 2. The van der Waals surface area contributed by atoms with Crippen molar-refractivity contribution in [1.82, 2.24) is 15.1 Å². The first-order valence-electron chi connectivity index (χ1n) is 12.7. The summed E-state index contributed by atoms with van der Waals surface area (Å²) in [6, 6.07) is 23.2. The first-order chi connectivity index (χ1) is 17.7. The molecule has 1 saturated carbocycles. The van der Waals surface area contributed by atoms with Gasteiger partial charge in [-0.1, -0.05) is 60.7 Å². The SMILES string of the molecule is O=C1Nc2ccccc2[C@]12CC2c1ccc2c(C=Cc3cccc(CN4CCOCC4)c3)n[nH]c2c1. The molecule has 0 bridgehead atoms. The van der Waals surface area contributed by atoms with Crippen molar-refractivity contribution in [2.24, 2.45) is 0 Å². The smallest absolute Gasteiger partial charge is 0.235 e. The minimum Gasteiger partial charge on any atom is -0.379 e. The summed E-state index contributed by atoms with van der Waals surface area (Å²) in [6.45, 7) is 4.55. The van der Waals surface area contributed by atoms with Crippen molar-refractivity contribution in [3.05, 3.63) is 94.7 Å². The highest BCUT2D eigenvalue weighted by atomic mass is 16.5. The van der Waals surface area contributed by atoms with Crippen molar-refractivity contribution < 1.29 is 9.53 Å². The normalized spacial score (nSPS) is 23.4. The van der Waals surface area contributed by atoms with Crippen LogP contribution in [0.5, 0.6) is 0 Å². The summed E-state index contributed by atoms with van der Waals surface area (Å²) in [5, 5.41) is 11.9. The van der Waals surface area contributed by atoms with Crippen LogP contribution in [0.25, 0.3) is 23.1 Å². The van der Waals surface area contributed by atoms with Crippen LogP contribution in [0.2, 0.25) is 0 Å². The highest BCUT2D eigenvalue weighted by molar-refractivity contribution is 6.09. The number of H-pyrrole nitrogens is 1. The van der Waals surface area contributed by atoms with Gasteiger partial charge in [0.15, 0.2) is 0 Å². The largest absolute Gasteiger partial charge is 0.379 e. The molecule has 1 aliphatic carbocycles. The molecule has 3 heterocycles. The quantitative estimate of drug-likeness (QED) is 0.428. The first kappa shape index (κ1) is 21.5. The molecular weight excluding hydrogens is 448 g/mol. The zero-order valence-corrected chi connectivity index (χ0v) is 20.0. The maximum Gasteiger partial charge on any atom is 0.235 e. The van der Waals surface area contributed by atoms with Gasteiger partial charge in [-0.2, -0.15) is 5.10 Å². The summed E-state index contributed by atoms with van der Waals surface area (Å²) < 4.78 is 5.46. The molecule has 2 fully saturated rings. The van der Waals surface area contributed by atoms with Crippen molar-refractivity contribution in [2.75, 3.05) is 31.6 Å². The van der Waals surface area contributed by atoms with E-state index >= 15 is 0 Å². The molecule has 6 heteroatoms. The maximum absolute atomic E-state index is 12.9. The minimum absolute atomic E-state index is 0.123. The fourth-order valence-corrected chi connectivity index (χ4v) is 5.94. The van der Waals surface area contributed by atoms with Crippen LogP contribution in [-0.2, 0) is 21.5 Å². The molecule has 3 aliphatic rings. The molecule has 1 aromatic heterocycles. The Morgan fingerprint density at radius 3 is 2.83 bits per heavy atom. The van der Waals surface area contributed by atoms with Gasteiger partial charge in [0.2, 0.25) is 5.91 Å². The second kappa shape index (κ2) is 8.43. The Hall–Kier alpha value is -3.74. The number of nitrogens with one attached hydrogen (secondary N) is 2. The van der Waals surface area contributed by atoms with E-state index in [0.717, 1.165) is 67.1 Å². The van der Waals surface area contributed by atoms with Gasteiger partial charge in [-0.15, -0.1) is 0 Å². The van der Waals surface area contributed by atoms with Crippen molar-refractivity contribution in [3.8, 4) is 0 Å². The lowest BCUT2D eigenvalue weighted by Gasteiger charge is -2.26. The number of ether oxygens (including phenoxy) is 1. The molecule has 180 valence electrons. The van der Waals surface area contributed by atoms with Crippen molar-refractivity contribution in [3.63, 3.8) is 0 Å². The first-order valence-corrected chi connectivity index (χ1v) is 12.7. The van der Waals surface area contributed by atoms with Gasteiger partial charge in [-0.25, -0.2) is 0 Å². The third-order valence-corrected chi connectivity index (χ3v) is 7.94. The molecular formula is C30H28N4O2. The number of fused-ring (bicyclic) bond motifs is 3. The van der Waals surface area contributed by atoms with E-state index in [-0.39, 0.29) is 11.8 Å². The van der Waals surface area contributed by atoms with Crippen LogP contribution in [0, 0.1) is 0 Å². The van der Waals surface area contributed by atoms with Crippen LogP contribution >= 0.6 is 0 Å². The molecule has 2 N–H and O–H groups in total. The summed E-state index contributed by atoms with van der Waals surface area (Å²) in [7, 11) is 0. The molecule has 0 radical (unpaired) electrons. The molecule has 1 saturated heterocycles. The number of benzene rings is 3. The zero-order chi connectivity index (χ0) is 24.1. The van der Waals surface area contributed by atoms with E-state index in [2.05, 4.69) is 81.1 Å². The average Bonchev–Trinajstić information content (AvgIpc) is 3.44. The molecule has 3 aromatic carbocycles. The lowest BCUT2D eigenvalue weighted by molar-refractivity contribution is -0.118. The number of rotatable bonds is 5. The predicted octanol–water partition coefficient (Wildman–Crippen LogP) is 4.94. The fourth-order valence-electron chi connectivity index (χ4n) is 5.94. The number of aromatic nitrogens is 2. The van der Waals surface area contributed by atoms with Crippen molar-refractivity contribution >= 4 is 34.6 Å². The Balaban J connectivity index is 1.10. The van der Waals surface area contributed by atoms with E-state index in [1.165, 1.54) is 16.7 Å². The molecule has 7 rings (SSSR count). The highest BCUT2D eigenvalue weighted by Crippen LogP contribution is 2.64. The van der Waals surface area contributed by atoms with Gasteiger partial charge in [0, 0.05) is 36.6 Å². The van der Waals surface area contributed by atoms with Crippen molar-refractivity contribution in [1.29, 1.82) is 0 Å². The minimum atomic E-state index is -0.417. The second-order valence-electron chi connectivity index (χ2n) is 10.1. The third-order valence-electron chi connectivity index (χ3n) is 7.94. The molecule has 1 unspecified atom stereocenters. The predicted molar refractivity (Wildman–Crippen MR) is 142 cm³/mol. The fraction of sp³-hybridized carbons (Fsp3) is 0.267. The standard InChI is InChI=1S/C30H28N4O2/c35-29-30(24-6-1-2-7-27(24)31-29)18-25(30)22-9-10-23-26(32-33-28(23)17-22)11-8-20-4-3-5-21(16-20)19-34-12-14-36-15-13-34/h1-11,16-17,25H,12-15,18-19H2,(H,31,35)(H,32,33)/t25?,30-/m0/s1. The Labute approximate surface area is 210 Å². The van der Waals surface area contributed by atoms with E-state index in [0.29, 0.717) is 0 Å². The van der Waals surface area contributed by atoms with Gasteiger partial charge >= 0.3 is 0 Å². The number of amides is 1. The van der Waals surface area contributed by atoms with Gasteiger partial charge in [-0.3, -0.25) is 14.8 Å². The van der Waals surface area contributed by atoms with Crippen LogP contribution in [0.1, 0.15) is 40.3 Å². The van der Waals surface area contributed by atoms with E-state index in [1.54, 1.807) is 0 Å². The average molecular weight is 477 g/mol. The number of carbonyl (C=O) groups excluding carboxylic acids is 1. The van der Waals surface area contributed by atoms with Crippen LogP contribution in [0.3, 0.4) is 0 Å². The van der Waals surface area contributed by atoms with Crippen LogP contribution in [-0.4, -0.2) is 47.3 Å². The zero-order valence-electron chi connectivity index (χ0n) is 20.0. The van der Waals surface area contributed by atoms with Gasteiger partial charge in [0.1, 0.15) is 0 Å². The topological polar surface area (TPSA) is 70.2 Å². The van der Waals surface area contributed by atoms with Crippen LogP contribution in [0.15, 0.2) is 66.7 Å². The van der Waals surface area contributed by atoms with Gasteiger partial charge in [0.25, 0.3) is 0 Å². The lowest BCUT2D eigenvalue weighted by Crippen LogP contribution is -2.35. The van der Waals surface area contributed by atoms with Gasteiger partial charge in [-0.05, 0) is 46.9 Å². The number of anilines is 1. The van der Waals surface area contributed by atoms with E-state index in [4.69, 9.17) is 4.74 Å². The molecule has 1 spiro atoms. The van der Waals surface area contributed by atoms with Gasteiger partial charge < -0.3 is 10.1 Å².